The summed E-state index contributed by atoms with van der Waals surface area (Å²) in [6.07, 6.45) is 12.7. The van der Waals surface area contributed by atoms with Crippen molar-refractivity contribution in [2.45, 2.75) is 12.8 Å². The third kappa shape index (κ3) is 3.44. The molecule has 0 amide bonds. The van der Waals surface area contributed by atoms with Gasteiger partial charge in [0.2, 0.25) is 0 Å². The predicted molar refractivity (Wildman–Crippen MR) is 86.9 cm³/mol. The standard InChI is InChI=1S/C16H16S2/c17-15(13-9-5-2-1-3-6-10-13)16(18)14-11-7-4-8-12-14/h1-2,4,6-12,17-18H,3,5H2/b2-1-,10-6-,13-9+,16-15-. The molecule has 0 unspecified atom stereocenters. The van der Waals surface area contributed by atoms with Gasteiger partial charge in [0.15, 0.2) is 0 Å². The van der Waals surface area contributed by atoms with Gasteiger partial charge in [-0.25, -0.2) is 0 Å². The fourth-order valence-corrected chi connectivity index (χ4v) is 2.35. The summed E-state index contributed by atoms with van der Waals surface area (Å²) in [4.78, 5) is 1.84. The Morgan fingerprint density at radius 1 is 0.833 bits per heavy atom. The van der Waals surface area contributed by atoms with Crippen LogP contribution >= 0.6 is 25.3 Å². The molecule has 0 saturated heterocycles. The zero-order valence-electron chi connectivity index (χ0n) is 10.1. The molecule has 18 heavy (non-hydrogen) atoms. The van der Waals surface area contributed by atoms with Crippen LogP contribution in [0.2, 0.25) is 0 Å². The molecule has 2 heteroatoms. The molecule has 0 spiro atoms. The molecule has 0 aliphatic heterocycles. The second-order valence-corrected chi connectivity index (χ2v) is 4.96. The topological polar surface area (TPSA) is 0 Å². The van der Waals surface area contributed by atoms with E-state index < -0.39 is 0 Å². The second kappa shape index (κ2) is 6.72. The van der Waals surface area contributed by atoms with E-state index in [-0.39, 0.29) is 0 Å². The zero-order valence-corrected chi connectivity index (χ0v) is 11.9. The van der Waals surface area contributed by atoms with Crippen LogP contribution in [0.25, 0.3) is 4.91 Å². The van der Waals surface area contributed by atoms with Crippen molar-refractivity contribution in [3.63, 3.8) is 0 Å². The first-order chi connectivity index (χ1) is 8.79. The van der Waals surface area contributed by atoms with Crippen molar-refractivity contribution in [1.82, 2.24) is 0 Å². The van der Waals surface area contributed by atoms with Gasteiger partial charge in [-0.3, -0.25) is 0 Å². The van der Waals surface area contributed by atoms with Crippen molar-refractivity contribution in [3.05, 3.63) is 76.8 Å². The normalized spacial score (nSPS) is 23.1. The van der Waals surface area contributed by atoms with Gasteiger partial charge in [0.1, 0.15) is 0 Å². The fraction of sp³-hybridized carbons (Fsp3) is 0.125. The molecule has 0 saturated carbocycles. The largest absolute Gasteiger partial charge is 0.142 e. The molecule has 0 nitrogen and oxygen atoms in total. The SMILES string of the molecule is SC(=C(\S)c1ccccc1)/C1=C/C/C=C\C/C=C\1. The Bertz CT molecular complexity index is 519. The summed E-state index contributed by atoms with van der Waals surface area (Å²) < 4.78 is 0. The van der Waals surface area contributed by atoms with Crippen LogP contribution in [0, 0.1) is 0 Å². The number of rotatable bonds is 2. The highest BCUT2D eigenvalue weighted by atomic mass is 32.1. The van der Waals surface area contributed by atoms with Crippen molar-refractivity contribution in [3.8, 4) is 0 Å². The summed E-state index contributed by atoms with van der Waals surface area (Å²) >= 11 is 9.22. The van der Waals surface area contributed by atoms with Crippen LogP contribution in [-0.4, -0.2) is 0 Å². The number of allylic oxidation sites excluding steroid dienone is 6. The van der Waals surface area contributed by atoms with Crippen LogP contribution in [0.15, 0.2) is 71.2 Å². The summed E-state index contributed by atoms with van der Waals surface area (Å²) in [5.74, 6) is 0. The van der Waals surface area contributed by atoms with E-state index in [4.69, 9.17) is 0 Å². The summed E-state index contributed by atoms with van der Waals surface area (Å²) in [6, 6.07) is 10.1. The summed E-state index contributed by atoms with van der Waals surface area (Å²) in [5.41, 5.74) is 2.23. The van der Waals surface area contributed by atoms with Gasteiger partial charge in [0.05, 0.1) is 0 Å². The Labute approximate surface area is 120 Å². The highest BCUT2D eigenvalue weighted by Gasteiger charge is 2.05. The molecular formula is C16H16S2. The lowest BCUT2D eigenvalue weighted by atomic mass is 10.1. The first-order valence-corrected chi connectivity index (χ1v) is 6.88. The van der Waals surface area contributed by atoms with E-state index in [0.717, 1.165) is 33.8 Å². The lowest BCUT2D eigenvalue weighted by molar-refractivity contribution is 1.27. The molecule has 1 aromatic rings. The van der Waals surface area contributed by atoms with E-state index >= 15 is 0 Å². The third-order valence-electron chi connectivity index (χ3n) is 2.76. The van der Waals surface area contributed by atoms with Gasteiger partial charge >= 0.3 is 0 Å². The molecule has 1 aliphatic rings. The highest BCUT2D eigenvalue weighted by Crippen LogP contribution is 2.30. The molecule has 0 bridgehead atoms. The predicted octanol–water partition coefficient (Wildman–Crippen LogP) is 5.05. The van der Waals surface area contributed by atoms with Gasteiger partial charge in [-0.1, -0.05) is 60.7 Å². The monoisotopic (exact) mass is 272 g/mol. The summed E-state index contributed by atoms with van der Waals surface area (Å²) in [5, 5.41) is 0. The van der Waals surface area contributed by atoms with Crippen LogP contribution < -0.4 is 0 Å². The molecule has 0 heterocycles. The van der Waals surface area contributed by atoms with E-state index in [1.807, 2.05) is 30.3 Å². The summed E-state index contributed by atoms with van der Waals surface area (Å²) in [6.45, 7) is 0. The molecule has 92 valence electrons. The second-order valence-electron chi connectivity index (χ2n) is 4.07. The van der Waals surface area contributed by atoms with Gasteiger partial charge in [-0.2, -0.15) is 0 Å². The first-order valence-electron chi connectivity index (χ1n) is 5.98. The molecular weight excluding hydrogens is 256 g/mol. The van der Waals surface area contributed by atoms with Gasteiger partial charge in [0.25, 0.3) is 0 Å². The minimum Gasteiger partial charge on any atom is -0.142 e. The first kappa shape index (κ1) is 13.3. The number of thiol groups is 2. The van der Waals surface area contributed by atoms with Crippen LogP contribution in [0.3, 0.4) is 0 Å². The van der Waals surface area contributed by atoms with E-state index in [1.165, 1.54) is 0 Å². The maximum absolute atomic E-state index is 4.62. The van der Waals surface area contributed by atoms with Crippen LogP contribution in [0.4, 0.5) is 0 Å². The van der Waals surface area contributed by atoms with Crippen LogP contribution in [-0.2, 0) is 0 Å². The minimum absolute atomic E-state index is 0.916. The van der Waals surface area contributed by atoms with Gasteiger partial charge < -0.3 is 0 Å². The number of benzene rings is 1. The molecule has 0 N–H and O–H groups in total. The molecule has 0 fully saturated rings. The molecule has 0 aromatic heterocycles. The van der Waals surface area contributed by atoms with Crippen molar-refractivity contribution in [2.75, 3.05) is 0 Å². The van der Waals surface area contributed by atoms with Gasteiger partial charge in [-0.15, -0.1) is 25.3 Å². The van der Waals surface area contributed by atoms with Crippen molar-refractivity contribution in [1.29, 1.82) is 0 Å². The summed E-state index contributed by atoms with van der Waals surface area (Å²) in [7, 11) is 0. The average molecular weight is 272 g/mol. The maximum atomic E-state index is 4.62. The van der Waals surface area contributed by atoms with Crippen LogP contribution in [0.5, 0.6) is 0 Å². The molecule has 0 radical (unpaired) electrons. The highest BCUT2D eigenvalue weighted by molar-refractivity contribution is 7.93. The zero-order chi connectivity index (χ0) is 12.8. The van der Waals surface area contributed by atoms with E-state index in [1.54, 1.807) is 0 Å². The van der Waals surface area contributed by atoms with Gasteiger partial charge in [0, 0.05) is 9.81 Å². The Balaban J connectivity index is 2.34. The molecule has 1 aromatic carbocycles. The molecule has 2 rings (SSSR count). The van der Waals surface area contributed by atoms with E-state index in [9.17, 15) is 0 Å². The third-order valence-corrected chi connectivity index (χ3v) is 3.90. The quantitative estimate of drug-likeness (QED) is 0.546. The molecule has 1 aliphatic carbocycles. The Morgan fingerprint density at radius 3 is 2.33 bits per heavy atom. The lowest BCUT2D eigenvalue weighted by Gasteiger charge is -2.08. The Kier molecular flexibility index (Phi) is 4.97. The maximum Gasteiger partial charge on any atom is 0.0252 e. The fourth-order valence-electron chi connectivity index (χ4n) is 1.77. The van der Waals surface area contributed by atoms with Gasteiger partial charge in [-0.05, 0) is 24.0 Å². The van der Waals surface area contributed by atoms with Crippen molar-refractivity contribution in [2.24, 2.45) is 0 Å². The Hall–Kier alpha value is -1.12. The van der Waals surface area contributed by atoms with Crippen molar-refractivity contribution < 1.29 is 0 Å². The van der Waals surface area contributed by atoms with E-state index in [0.29, 0.717) is 0 Å². The average Bonchev–Trinajstić information content (AvgIpc) is 2.38. The van der Waals surface area contributed by atoms with E-state index in [2.05, 4.69) is 55.6 Å². The Morgan fingerprint density at radius 2 is 1.56 bits per heavy atom. The van der Waals surface area contributed by atoms with Crippen LogP contribution in [0.1, 0.15) is 18.4 Å². The lowest BCUT2D eigenvalue weighted by Crippen LogP contribution is -1.86. The van der Waals surface area contributed by atoms with Crippen molar-refractivity contribution >= 4 is 30.2 Å². The molecule has 0 atom stereocenters. The number of hydrogen-bond acceptors (Lipinski definition) is 2. The smallest absolute Gasteiger partial charge is 0.0252 e. The number of hydrogen-bond donors (Lipinski definition) is 2. The minimum atomic E-state index is 0.916.